The molecule has 3 aromatic carbocycles. The van der Waals surface area contributed by atoms with E-state index in [1.54, 1.807) is 11.8 Å². The van der Waals surface area contributed by atoms with Crippen molar-refractivity contribution in [1.29, 1.82) is 0 Å². The molecule has 5 nitrogen and oxygen atoms in total. The van der Waals surface area contributed by atoms with Gasteiger partial charge in [0.1, 0.15) is 0 Å². The largest absolute Gasteiger partial charge is 0.345 e. The Hall–Kier alpha value is -2.90. The molecule has 1 amide bonds. The van der Waals surface area contributed by atoms with Crippen LogP contribution in [0.15, 0.2) is 82.4 Å². The zero-order chi connectivity index (χ0) is 22.5. The zero-order valence-electron chi connectivity index (χ0n) is 17.9. The number of carbonyl (C=O) groups is 1. The summed E-state index contributed by atoms with van der Waals surface area (Å²) in [5, 5.41) is 12.6. The van der Waals surface area contributed by atoms with Crippen molar-refractivity contribution in [1.82, 2.24) is 20.1 Å². The number of benzene rings is 3. The van der Waals surface area contributed by atoms with Crippen LogP contribution >= 0.6 is 27.7 Å². The minimum atomic E-state index is -0.128. The summed E-state index contributed by atoms with van der Waals surface area (Å²) in [6.45, 7) is 4.31. The molecule has 0 saturated heterocycles. The van der Waals surface area contributed by atoms with E-state index in [1.165, 1.54) is 5.56 Å². The quantitative estimate of drug-likeness (QED) is 0.318. The van der Waals surface area contributed by atoms with Crippen LogP contribution in [0.5, 0.6) is 0 Å². The normalized spacial score (nSPS) is 10.8. The first-order chi connectivity index (χ1) is 15.5. The molecule has 0 aliphatic rings. The summed E-state index contributed by atoms with van der Waals surface area (Å²) in [7, 11) is 0. The van der Waals surface area contributed by atoms with Gasteiger partial charge in [-0.15, -0.1) is 10.2 Å². The third kappa shape index (κ3) is 5.47. The van der Waals surface area contributed by atoms with Crippen molar-refractivity contribution in [3.63, 3.8) is 0 Å². The van der Waals surface area contributed by atoms with Gasteiger partial charge in [-0.05, 0) is 61.4 Å². The van der Waals surface area contributed by atoms with E-state index >= 15 is 0 Å². The average molecular weight is 507 g/mol. The van der Waals surface area contributed by atoms with Gasteiger partial charge in [0.05, 0.1) is 6.54 Å². The molecule has 1 heterocycles. The number of thioether (sulfide) groups is 1. The Labute approximate surface area is 200 Å². The maximum Gasteiger partial charge on any atom is 0.251 e. The van der Waals surface area contributed by atoms with Crippen molar-refractivity contribution in [2.24, 2.45) is 0 Å². The molecule has 1 N–H and O–H groups in total. The number of hydrogen-bond acceptors (Lipinski definition) is 4. The monoisotopic (exact) mass is 506 g/mol. The average Bonchev–Trinajstić information content (AvgIpc) is 3.20. The van der Waals surface area contributed by atoms with Crippen molar-refractivity contribution >= 4 is 33.6 Å². The van der Waals surface area contributed by atoms with E-state index in [0.29, 0.717) is 11.4 Å². The van der Waals surface area contributed by atoms with Crippen molar-refractivity contribution in [3.05, 3.63) is 105 Å². The summed E-state index contributed by atoms with van der Waals surface area (Å²) in [5.41, 5.74) is 5.01. The summed E-state index contributed by atoms with van der Waals surface area (Å²) in [6.07, 6.45) is 0. The molecule has 0 aliphatic heterocycles. The molecule has 0 spiro atoms. The first-order valence-electron chi connectivity index (χ1n) is 10.2. The van der Waals surface area contributed by atoms with Crippen LogP contribution in [-0.4, -0.2) is 20.7 Å². The van der Waals surface area contributed by atoms with Crippen LogP contribution in [0, 0.1) is 13.8 Å². The lowest BCUT2D eigenvalue weighted by Gasteiger charge is -2.12. The smallest absolute Gasteiger partial charge is 0.251 e. The molecular weight excluding hydrogens is 484 g/mol. The highest BCUT2D eigenvalue weighted by Gasteiger charge is 2.16. The predicted octanol–water partition coefficient (Wildman–Crippen LogP) is 5.87. The second-order valence-corrected chi connectivity index (χ2v) is 9.40. The second kappa shape index (κ2) is 10.1. The molecule has 32 heavy (non-hydrogen) atoms. The summed E-state index contributed by atoms with van der Waals surface area (Å²) >= 11 is 5.10. The van der Waals surface area contributed by atoms with Gasteiger partial charge in [-0.25, -0.2) is 0 Å². The fourth-order valence-corrected chi connectivity index (χ4v) is 4.50. The molecule has 0 fully saturated rings. The van der Waals surface area contributed by atoms with Crippen LogP contribution in [0.3, 0.4) is 0 Å². The van der Waals surface area contributed by atoms with Crippen LogP contribution in [0.4, 0.5) is 0 Å². The standard InChI is InChI=1S/C25H23BrN4OS/c1-17-5-3-7-20(13-17)24(31)27-15-23-28-29-25(30(23)22-8-4-6-18(2)14-22)32-16-19-9-11-21(26)12-10-19/h3-14H,15-16H2,1-2H3,(H,27,31). The fourth-order valence-electron chi connectivity index (χ4n) is 3.31. The molecule has 7 heteroatoms. The van der Waals surface area contributed by atoms with Crippen LogP contribution < -0.4 is 5.32 Å². The van der Waals surface area contributed by atoms with Crippen LogP contribution in [-0.2, 0) is 12.3 Å². The summed E-state index contributed by atoms with van der Waals surface area (Å²) in [5.74, 6) is 1.33. The first kappa shape index (κ1) is 22.3. The van der Waals surface area contributed by atoms with E-state index in [2.05, 4.69) is 62.6 Å². The van der Waals surface area contributed by atoms with E-state index in [9.17, 15) is 4.79 Å². The molecule has 0 aliphatic carbocycles. The maximum atomic E-state index is 12.6. The Kier molecular flexibility index (Phi) is 7.07. The third-order valence-corrected chi connectivity index (χ3v) is 6.46. The highest BCUT2D eigenvalue weighted by atomic mass is 79.9. The lowest BCUT2D eigenvalue weighted by atomic mass is 10.1. The zero-order valence-corrected chi connectivity index (χ0v) is 20.3. The molecular formula is C25H23BrN4OS. The topological polar surface area (TPSA) is 59.8 Å². The number of aryl methyl sites for hydroxylation is 2. The highest BCUT2D eigenvalue weighted by molar-refractivity contribution is 9.10. The Morgan fingerprint density at radius 3 is 2.41 bits per heavy atom. The van der Waals surface area contributed by atoms with Crippen molar-refractivity contribution in [2.75, 3.05) is 0 Å². The van der Waals surface area contributed by atoms with Crippen molar-refractivity contribution in [3.8, 4) is 5.69 Å². The number of rotatable bonds is 7. The van der Waals surface area contributed by atoms with Gasteiger partial charge in [-0.3, -0.25) is 9.36 Å². The molecule has 162 valence electrons. The number of hydrogen-bond donors (Lipinski definition) is 1. The molecule has 1 aromatic heterocycles. The predicted molar refractivity (Wildman–Crippen MR) is 132 cm³/mol. The Bertz CT molecular complexity index is 1240. The molecule has 4 rings (SSSR count). The Morgan fingerprint density at radius 1 is 0.969 bits per heavy atom. The summed E-state index contributed by atoms with van der Waals surface area (Å²) in [6, 6.07) is 24.0. The number of nitrogens with zero attached hydrogens (tertiary/aromatic N) is 3. The lowest BCUT2D eigenvalue weighted by Crippen LogP contribution is -2.24. The van der Waals surface area contributed by atoms with Crippen LogP contribution in [0.1, 0.15) is 32.9 Å². The summed E-state index contributed by atoms with van der Waals surface area (Å²) in [4.78, 5) is 12.6. The fraction of sp³-hybridized carbons (Fsp3) is 0.160. The van der Waals surface area contributed by atoms with Crippen LogP contribution in [0.2, 0.25) is 0 Å². The summed E-state index contributed by atoms with van der Waals surface area (Å²) < 4.78 is 3.08. The molecule has 0 saturated carbocycles. The van der Waals surface area contributed by atoms with Crippen LogP contribution in [0.25, 0.3) is 5.69 Å². The van der Waals surface area contributed by atoms with E-state index in [1.807, 2.05) is 60.0 Å². The number of halogens is 1. The van der Waals surface area contributed by atoms with Gasteiger partial charge in [0.2, 0.25) is 0 Å². The van der Waals surface area contributed by atoms with Gasteiger partial charge in [-0.2, -0.15) is 0 Å². The van der Waals surface area contributed by atoms with Gasteiger partial charge in [0.15, 0.2) is 11.0 Å². The number of amides is 1. The van der Waals surface area contributed by atoms with E-state index in [4.69, 9.17) is 0 Å². The minimum absolute atomic E-state index is 0.128. The van der Waals surface area contributed by atoms with Crippen molar-refractivity contribution < 1.29 is 4.79 Å². The maximum absolute atomic E-state index is 12.6. The van der Waals surface area contributed by atoms with E-state index in [0.717, 1.165) is 32.2 Å². The minimum Gasteiger partial charge on any atom is -0.345 e. The molecule has 0 radical (unpaired) electrons. The Balaban J connectivity index is 1.57. The lowest BCUT2D eigenvalue weighted by molar-refractivity contribution is 0.0949. The SMILES string of the molecule is Cc1cccc(C(=O)NCc2nnc(SCc3ccc(Br)cc3)n2-c2cccc(C)c2)c1. The first-order valence-corrected chi connectivity index (χ1v) is 12.0. The van der Waals surface area contributed by atoms with Gasteiger partial charge in [0, 0.05) is 21.5 Å². The van der Waals surface area contributed by atoms with E-state index < -0.39 is 0 Å². The number of carbonyl (C=O) groups excluding carboxylic acids is 1. The molecule has 4 aromatic rings. The molecule has 0 bridgehead atoms. The van der Waals surface area contributed by atoms with Gasteiger partial charge < -0.3 is 5.32 Å². The number of aromatic nitrogens is 3. The molecule has 0 unspecified atom stereocenters. The van der Waals surface area contributed by atoms with Gasteiger partial charge >= 0.3 is 0 Å². The Morgan fingerprint density at radius 2 is 1.69 bits per heavy atom. The van der Waals surface area contributed by atoms with Crippen molar-refractivity contribution in [2.45, 2.75) is 31.3 Å². The van der Waals surface area contributed by atoms with E-state index in [-0.39, 0.29) is 12.5 Å². The highest BCUT2D eigenvalue weighted by Crippen LogP contribution is 2.26. The van der Waals surface area contributed by atoms with Gasteiger partial charge in [0.25, 0.3) is 5.91 Å². The third-order valence-electron chi connectivity index (χ3n) is 4.93. The molecule has 0 atom stereocenters. The van der Waals surface area contributed by atoms with Gasteiger partial charge in [-0.1, -0.05) is 69.7 Å². The number of nitrogens with one attached hydrogen (secondary N) is 1. The second-order valence-electron chi connectivity index (χ2n) is 7.54.